The number of amides is 2. The van der Waals surface area contributed by atoms with Crippen LogP contribution in [0, 0.1) is 11.3 Å². The minimum absolute atomic E-state index is 0.0333. The summed E-state index contributed by atoms with van der Waals surface area (Å²) in [6.07, 6.45) is 5.82. The zero-order valence-corrected chi connectivity index (χ0v) is 17.5. The van der Waals surface area contributed by atoms with E-state index in [0.29, 0.717) is 11.3 Å². The van der Waals surface area contributed by atoms with Crippen LogP contribution in [0.2, 0.25) is 0 Å². The van der Waals surface area contributed by atoms with Gasteiger partial charge in [0.25, 0.3) is 0 Å². The number of oxazole rings is 1. The van der Waals surface area contributed by atoms with E-state index in [1.807, 2.05) is 4.72 Å². The summed E-state index contributed by atoms with van der Waals surface area (Å²) in [5.41, 5.74) is 3.73. The normalized spacial score (nSPS) is 15.4. The van der Waals surface area contributed by atoms with Crippen LogP contribution in [0.3, 0.4) is 0 Å². The molecule has 30 heavy (non-hydrogen) atoms. The number of carbonyl (C=O) groups is 1. The molecule has 0 unspecified atom stereocenters. The molecule has 0 atom stereocenters. The molecule has 9 nitrogen and oxygen atoms in total. The maximum Gasteiger partial charge on any atom is 0.336 e. The second-order valence-electron chi connectivity index (χ2n) is 8.10. The van der Waals surface area contributed by atoms with Gasteiger partial charge in [-0.15, -0.1) is 0 Å². The molecule has 2 aromatic rings. The Morgan fingerprint density at radius 2 is 1.73 bits per heavy atom. The Balaban J connectivity index is 1.61. The Hall–Kier alpha value is -2.90. The van der Waals surface area contributed by atoms with E-state index in [-0.39, 0.29) is 5.69 Å². The first-order chi connectivity index (χ1) is 14.1. The van der Waals surface area contributed by atoms with Crippen molar-refractivity contribution >= 4 is 21.7 Å². The average Bonchev–Trinajstić information content (AvgIpc) is 3.40. The Morgan fingerprint density at radius 3 is 2.23 bits per heavy atom. The highest BCUT2D eigenvalue weighted by Crippen LogP contribution is 2.41. The molecule has 0 aliphatic heterocycles. The summed E-state index contributed by atoms with van der Waals surface area (Å²) in [5.74, 6) is 0. The molecule has 1 aromatic carbocycles. The lowest BCUT2D eigenvalue weighted by atomic mass is 9.93. The molecule has 0 fully saturated rings. The first-order valence-corrected chi connectivity index (χ1v) is 11.2. The summed E-state index contributed by atoms with van der Waals surface area (Å²) >= 11 is 0. The van der Waals surface area contributed by atoms with Crippen molar-refractivity contribution in [3.63, 3.8) is 0 Å². The van der Waals surface area contributed by atoms with Gasteiger partial charge in [0.05, 0.1) is 11.6 Å². The predicted octanol–water partition coefficient (Wildman–Crippen LogP) is 2.26. The third kappa shape index (κ3) is 3.44. The van der Waals surface area contributed by atoms with Crippen LogP contribution in [0.15, 0.2) is 15.9 Å². The van der Waals surface area contributed by atoms with Crippen LogP contribution >= 0.6 is 0 Å². The number of hydrogen-bond donors (Lipinski definition) is 3. The number of nitrogens with one attached hydrogen (secondary N) is 2. The Kier molecular flexibility index (Phi) is 4.83. The second-order valence-corrected chi connectivity index (χ2v) is 9.66. The monoisotopic (exact) mass is 430 g/mol. The predicted molar refractivity (Wildman–Crippen MR) is 106 cm³/mol. The Bertz CT molecular complexity index is 1150. The van der Waals surface area contributed by atoms with Crippen LogP contribution in [0.1, 0.15) is 60.2 Å². The largest absolute Gasteiger partial charge is 0.435 e. The minimum Gasteiger partial charge on any atom is -0.435 e. The molecule has 1 heterocycles. The lowest BCUT2D eigenvalue weighted by Gasteiger charge is -2.17. The van der Waals surface area contributed by atoms with E-state index in [2.05, 4.69) is 16.4 Å². The summed E-state index contributed by atoms with van der Waals surface area (Å²) in [6, 6.07) is 1.39. The molecule has 0 bridgehead atoms. The molecule has 4 rings (SSSR count). The van der Waals surface area contributed by atoms with Gasteiger partial charge in [0.1, 0.15) is 17.6 Å². The van der Waals surface area contributed by atoms with Crippen molar-refractivity contribution in [3.8, 4) is 6.07 Å². The van der Waals surface area contributed by atoms with Gasteiger partial charge >= 0.3 is 21.3 Å². The first-order valence-electron chi connectivity index (χ1n) is 9.73. The molecule has 3 N–H and O–H groups in total. The molecule has 2 aliphatic rings. The number of hydrogen-bond acceptors (Lipinski definition) is 7. The molecule has 1 aromatic heterocycles. The van der Waals surface area contributed by atoms with Gasteiger partial charge in [0, 0.05) is 5.69 Å². The fraction of sp³-hybridized carbons (Fsp3) is 0.450. The summed E-state index contributed by atoms with van der Waals surface area (Å²) in [6.45, 7) is 2.88. The van der Waals surface area contributed by atoms with Gasteiger partial charge in [0.15, 0.2) is 0 Å². The number of benzene rings is 1. The van der Waals surface area contributed by atoms with Crippen LogP contribution in [-0.2, 0) is 41.3 Å². The SMILES string of the molecule is CC(C)(O)c1coc(S(=O)(=O)NC(=O)Nc2c3c(c(C#N)c4c2CCC4)CCC3)n1. The number of carbonyl (C=O) groups excluding carboxylic acids is 1. The summed E-state index contributed by atoms with van der Waals surface area (Å²) in [4.78, 5) is 16.3. The van der Waals surface area contributed by atoms with Gasteiger partial charge in [-0.3, -0.25) is 0 Å². The van der Waals surface area contributed by atoms with Crippen molar-refractivity contribution in [2.75, 3.05) is 5.32 Å². The van der Waals surface area contributed by atoms with Crippen molar-refractivity contribution in [1.29, 1.82) is 5.26 Å². The van der Waals surface area contributed by atoms with Crippen molar-refractivity contribution in [1.82, 2.24) is 9.71 Å². The topological polar surface area (TPSA) is 145 Å². The quantitative estimate of drug-likeness (QED) is 0.674. The summed E-state index contributed by atoms with van der Waals surface area (Å²) in [5, 5.41) is 21.5. The number of urea groups is 1. The maximum atomic E-state index is 12.6. The van der Waals surface area contributed by atoms with E-state index in [1.165, 1.54) is 13.8 Å². The van der Waals surface area contributed by atoms with E-state index >= 15 is 0 Å². The molecule has 0 saturated heterocycles. The van der Waals surface area contributed by atoms with Gasteiger partial charge in [-0.1, -0.05) is 0 Å². The summed E-state index contributed by atoms with van der Waals surface area (Å²) in [7, 11) is -4.36. The van der Waals surface area contributed by atoms with E-state index in [0.717, 1.165) is 67.0 Å². The molecule has 2 aliphatic carbocycles. The molecular formula is C20H22N4O5S. The van der Waals surface area contributed by atoms with Crippen molar-refractivity contribution in [2.45, 2.75) is 63.2 Å². The lowest BCUT2D eigenvalue weighted by molar-refractivity contribution is 0.0736. The molecule has 0 spiro atoms. The molecular weight excluding hydrogens is 408 g/mol. The van der Waals surface area contributed by atoms with Gasteiger partial charge in [-0.25, -0.2) is 9.52 Å². The van der Waals surface area contributed by atoms with E-state index in [4.69, 9.17) is 4.42 Å². The molecule has 10 heteroatoms. The van der Waals surface area contributed by atoms with Crippen LogP contribution in [-0.4, -0.2) is 24.5 Å². The Labute approximate surface area is 174 Å². The lowest BCUT2D eigenvalue weighted by Crippen LogP contribution is -2.35. The fourth-order valence-electron chi connectivity index (χ4n) is 4.21. The maximum absolute atomic E-state index is 12.6. The van der Waals surface area contributed by atoms with Crippen LogP contribution in [0.4, 0.5) is 10.5 Å². The number of nitriles is 1. The van der Waals surface area contributed by atoms with Gasteiger partial charge in [0.2, 0.25) is 0 Å². The van der Waals surface area contributed by atoms with Crippen molar-refractivity contribution < 1.29 is 22.7 Å². The highest BCUT2D eigenvalue weighted by atomic mass is 32.2. The van der Waals surface area contributed by atoms with E-state index in [1.54, 1.807) is 0 Å². The highest BCUT2D eigenvalue weighted by Gasteiger charge is 2.31. The van der Waals surface area contributed by atoms with Gasteiger partial charge < -0.3 is 14.8 Å². The molecule has 0 radical (unpaired) electrons. The Morgan fingerprint density at radius 1 is 1.17 bits per heavy atom. The van der Waals surface area contributed by atoms with Crippen molar-refractivity contribution in [3.05, 3.63) is 39.8 Å². The zero-order chi connectivity index (χ0) is 21.7. The van der Waals surface area contributed by atoms with Gasteiger partial charge in [-0.2, -0.15) is 18.7 Å². The second kappa shape index (κ2) is 7.11. The van der Waals surface area contributed by atoms with E-state index in [9.17, 15) is 23.6 Å². The smallest absolute Gasteiger partial charge is 0.336 e. The average molecular weight is 430 g/mol. The number of fused-ring (bicyclic) bond motifs is 2. The van der Waals surface area contributed by atoms with Crippen LogP contribution in [0.5, 0.6) is 0 Å². The number of nitrogens with zero attached hydrogens (tertiary/aromatic N) is 2. The number of aromatic nitrogens is 1. The number of sulfonamides is 1. The van der Waals surface area contributed by atoms with Gasteiger partial charge in [-0.05, 0) is 74.6 Å². The molecule has 158 valence electrons. The van der Waals surface area contributed by atoms with Crippen LogP contribution in [0.25, 0.3) is 0 Å². The van der Waals surface area contributed by atoms with Crippen molar-refractivity contribution in [2.24, 2.45) is 0 Å². The standard InChI is InChI=1S/C20H22N4O5S/c1-20(2,26)16-10-29-19(22-16)30(27,28)24-18(25)23-17-13-7-3-5-11(13)15(9-21)12-6-4-8-14(12)17/h10,26H,3-8H2,1-2H3,(H2,23,24,25). The third-order valence-corrected chi connectivity index (χ3v) is 6.66. The number of anilines is 1. The highest BCUT2D eigenvalue weighted by molar-refractivity contribution is 7.89. The zero-order valence-electron chi connectivity index (χ0n) is 16.7. The number of aliphatic hydroxyl groups is 1. The summed E-state index contributed by atoms with van der Waals surface area (Å²) < 4.78 is 31.8. The van der Waals surface area contributed by atoms with E-state index < -0.39 is 26.9 Å². The minimum atomic E-state index is -4.36. The molecule has 2 amide bonds. The first kappa shape index (κ1) is 20.4. The van der Waals surface area contributed by atoms with Crippen LogP contribution < -0.4 is 10.0 Å². The fourth-order valence-corrected chi connectivity index (χ4v) is 4.98. The third-order valence-electron chi connectivity index (χ3n) is 5.56. The number of rotatable bonds is 4. The molecule has 0 saturated carbocycles.